The van der Waals surface area contributed by atoms with Crippen LogP contribution in [0.25, 0.3) is 0 Å². The summed E-state index contributed by atoms with van der Waals surface area (Å²) in [5, 5.41) is 2.92. The Morgan fingerprint density at radius 2 is 2.19 bits per heavy atom. The first-order valence-electron chi connectivity index (χ1n) is 6.12. The van der Waals surface area contributed by atoms with Crippen molar-refractivity contribution in [3.63, 3.8) is 0 Å². The SMILES string of the molecule is O=C(NCCC1CCCCC1)n1ccnc1. The van der Waals surface area contributed by atoms with E-state index in [9.17, 15) is 4.79 Å². The van der Waals surface area contributed by atoms with Gasteiger partial charge in [-0.3, -0.25) is 4.57 Å². The maximum Gasteiger partial charge on any atom is 0.326 e. The molecule has 1 heterocycles. The maximum absolute atomic E-state index is 11.6. The number of hydrogen-bond acceptors (Lipinski definition) is 2. The Labute approximate surface area is 96.1 Å². The molecule has 1 aliphatic carbocycles. The number of hydrogen-bond donors (Lipinski definition) is 1. The second-order valence-electron chi connectivity index (χ2n) is 4.49. The van der Waals surface area contributed by atoms with Gasteiger partial charge in [-0.15, -0.1) is 0 Å². The smallest absolute Gasteiger partial charge is 0.326 e. The summed E-state index contributed by atoms with van der Waals surface area (Å²) in [5.41, 5.74) is 0. The van der Waals surface area contributed by atoms with E-state index in [2.05, 4.69) is 10.3 Å². The van der Waals surface area contributed by atoms with Crippen molar-refractivity contribution in [2.75, 3.05) is 6.54 Å². The van der Waals surface area contributed by atoms with Crippen LogP contribution in [0, 0.1) is 5.92 Å². The molecule has 0 radical (unpaired) electrons. The van der Waals surface area contributed by atoms with Crippen molar-refractivity contribution in [1.29, 1.82) is 0 Å². The fourth-order valence-corrected chi connectivity index (χ4v) is 2.33. The molecule has 0 spiro atoms. The summed E-state index contributed by atoms with van der Waals surface area (Å²) in [5.74, 6) is 0.817. The number of rotatable bonds is 3. The molecule has 1 amide bonds. The summed E-state index contributed by atoms with van der Waals surface area (Å²) in [6, 6.07) is -0.0756. The van der Waals surface area contributed by atoms with Crippen LogP contribution in [0.4, 0.5) is 4.79 Å². The van der Waals surface area contributed by atoms with Crippen LogP contribution < -0.4 is 5.32 Å². The topological polar surface area (TPSA) is 46.9 Å². The summed E-state index contributed by atoms with van der Waals surface area (Å²) < 4.78 is 1.47. The Morgan fingerprint density at radius 1 is 1.38 bits per heavy atom. The average molecular weight is 221 g/mol. The number of nitrogens with zero attached hydrogens (tertiary/aromatic N) is 2. The van der Waals surface area contributed by atoms with Gasteiger partial charge in [-0.05, 0) is 12.3 Å². The van der Waals surface area contributed by atoms with Crippen molar-refractivity contribution in [1.82, 2.24) is 14.9 Å². The Morgan fingerprint density at radius 3 is 2.88 bits per heavy atom. The number of carbonyl (C=O) groups excluding carboxylic acids is 1. The molecule has 1 aliphatic rings. The van der Waals surface area contributed by atoms with Gasteiger partial charge in [-0.2, -0.15) is 0 Å². The number of carbonyl (C=O) groups is 1. The van der Waals surface area contributed by atoms with Gasteiger partial charge in [-0.25, -0.2) is 9.78 Å². The molecule has 1 N–H and O–H groups in total. The van der Waals surface area contributed by atoms with Crippen molar-refractivity contribution in [2.24, 2.45) is 5.92 Å². The van der Waals surface area contributed by atoms with Crippen molar-refractivity contribution in [3.05, 3.63) is 18.7 Å². The van der Waals surface area contributed by atoms with E-state index in [-0.39, 0.29) is 6.03 Å². The Balaban J connectivity index is 1.66. The van der Waals surface area contributed by atoms with Gasteiger partial charge in [0, 0.05) is 18.9 Å². The molecule has 1 fully saturated rings. The molecule has 0 atom stereocenters. The molecule has 4 heteroatoms. The summed E-state index contributed by atoms with van der Waals surface area (Å²) in [6.45, 7) is 0.779. The van der Waals surface area contributed by atoms with Crippen LogP contribution in [-0.2, 0) is 0 Å². The first kappa shape index (κ1) is 11.2. The third kappa shape index (κ3) is 3.08. The molecule has 0 bridgehead atoms. The lowest BCUT2D eigenvalue weighted by molar-refractivity contribution is 0.240. The molecule has 1 aromatic rings. The van der Waals surface area contributed by atoms with E-state index in [1.54, 1.807) is 12.4 Å². The Bertz CT molecular complexity index is 315. The van der Waals surface area contributed by atoms with Crippen molar-refractivity contribution in [3.8, 4) is 0 Å². The second-order valence-corrected chi connectivity index (χ2v) is 4.49. The summed E-state index contributed by atoms with van der Waals surface area (Å²) in [6.07, 6.45) is 12.7. The van der Waals surface area contributed by atoms with E-state index < -0.39 is 0 Å². The summed E-state index contributed by atoms with van der Waals surface area (Å²) in [4.78, 5) is 15.4. The van der Waals surface area contributed by atoms with E-state index in [0.717, 1.165) is 18.9 Å². The zero-order valence-corrected chi connectivity index (χ0v) is 9.56. The zero-order chi connectivity index (χ0) is 11.2. The highest BCUT2D eigenvalue weighted by molar-refractivity contribution is 5.76. The van der Waals surface area contributed by atoms with Crippen LogP contribution in [0.2, 0.25) is 0 Å². The zero-order valence-electron chi connectivity index (χ0n) is 9.56. The normalized spacial score (nSPS) is 17.2. The van der Waals surface area contributed by atoms with Gasteiger partial charge in [0.1, 0.15) is 6.33 Å². The van der Waals surface area contributed by atoms with Gasteiger partial charge in [0.2, 0.25) is 0 Å². The molecule has 88 valence electrons. The third-order valence-electron chi connectivity index (χ3n) is 3.29. The first-order chi connectivity index (χ1) is 7.86. The highest BCUT2D eigenvalue weighted by Gasteiger charge is 2.13. The lowest BCUT2D eigenvalue weighted by Gasteiger charge is -2.21. The van der Waals surface area contributed by atoms with Crippen molar-refractivity contribution in [2.45, 2.75) is 38.5 Å². The molecule has 1 saturated carbocycles. The van der Waals surface area contributed by atoms with Crippen LogP contribution in [0.3, 0.4) is 0 Å². The average Bonchev–Trinajstić information content (AvgIpc) is 2.84. The molecule has 0 unspecified atom stereocenters. The van der Waals surface area contributed by atoms with Crippen molar-refractivity contribution >= 4 is 6.03 Å². The minimum atomic E-state index is -0.0756. The van der Waals surface area contributed by atoms with Gasteiger partial charge < -0.3 is 5.32 Å². The summed E-state index contributed by atoms with van der Waals surface area (Å²) >= 11 is 0. The van der Waals surface area contributed by atoms with Gasteiger partial charge in [0.25, 0.3) is 0 Å². The number of nitrogens with one attached hydrogen (secondary N) is 1. The van der Waals surface area contributed by atoms with E-state index in [1.807, 2.05) is 0 Å². The second kappa shape index (κ2) is 5.68. The molecule has 2 rings (SSSR count). The predicted molar refractivity (Wildman–Crippen MR) is 62.2 cm³/mol. The molecule has 0 saturated heterocycles. The largest absolute Gasteiger partial charge is 0.337 e. The molecule has 16 heavy (non-hydrogen) atoms. The van der Waals surface area contributed by atoms with Gasteiger partial charge in [0.05, 0.1) is 0 Å². The van der Waals surface area contributed by atoms with Crippen LogP contribution in [0.1, 0.15) is 38.5 Å². The van der Waals surface area contributed by atoms with Crippen LogP contribution in [0.5, 0.6) is 0 Å². The quantitative estimate of drug-likeness (QED) is 0.852. The maximum atomic E-state index is 11.6. The van der Waals surface area contributed by atoms with Gasteiger partial charge in [-0.1, -0.05) is 32.1 Å². The minimum absolute atomic E-state index is 0.0756. The van der Waals surface area contributed by atoms with Crippen LogP contribution >= 0.6 is 0 Å². The first-order valence-corrected chi connectivity index (χ1v) is 6.12. The lowest BCUT2D eigenvalue weighted by Crippen LogP contribution is -2.29. The number of imidazole rings is 1. The molecular formula is C12H19N3O. The number of aromatic nitrogens is 2. The summed E-state index contributed by atoms with van der Waals surface area (Å²) in [7, 11) is 0. The third-order valence-corrected chi connectivity index (χ3v) is 3.29. The van der Waals surface area contributed by atoms with E-state index in [1.165, 1.54) is 43.0 Å². The number of amides is 1. The van der Waals surface area contributed by atoms with Gasteiger partial charge >= 0.3 is 6.03 Å². The standard InChI is InChI=1S/C12H19N3O/c16-12(15-9-8-13-10-15)14-7-6-11-4-2-1-3-5-11/h8-11H,1-7H2,(H,14,16). The minimum Gasteiger partial charge on any atom is -0.337 e. The fraction of sp³-hybridized carbons (Fsp3) is 0.667. The molecule has 4 nitrogen and oxygen atoms in total. The van der Waals surface area contributed by atoms with E-state index in [4.69, 9.17) is 0 Å². The molecule has 0 aliphatic heterocycles. The monoisotopic (exact) mass is 221 g/mol. The molecule has 1 aromatic heterocycles. The van der Waals surface area contributed by atoms with Gasteiger partial charge in [0.15, 0.2) is 0 Å². The molecule has 0 aromatic carbocycles. The Hall–Kier alpha value is -1.32. The van der Waals surface area contributed by atoms with Crippen molar-refractivity contribution < 1.29 is 4.79 Å². The fourth-order valence-electron chi connectivity index (χ4n) is 2.33. The van der Waals surface area contributed by atoms with E-state index in [0.29, 0.717) is 0 Å². The predicted octanol–water partition coefficient (Wildman–Crippen LogP) is 2.41. The molecular weight excluding hydrogens is 202 g/mol. The van der Waals surface area contributed by atoms with Crippen LogP contribution in [-0.4, -0.2) is 22.1 Å². The highest BCUT2D eigenvalue weighted by Crippen LogP contribution is 2.25. The Kier molecular flexibility index (Phi) is 3.97. The lowest BCUT2D eigenvalue weighted by atomic mass is 9.87. The van der Waals surface area contributed by atoms with Crippen LogP contribution in [0.15, 0.2) is 18.7 Å². The highest BCUT2D eigenvalue weighted by atomic mass is 16.2. The van der Waals surface area contributed by atoms with E-state index >= 15 is 0 Å².